The number of hydrogen-bond acceptors (Lipinski definition) is 4. The van der Waals surface area contributed by atoms with Crippen molar-refractivity contribution in [2.24, 2.45) is 11.7 Å². The number of carbonyl (C=O) groups is 2. The number of rotatable bonds is 3. The standard InChI is InChI=1S/C12H22N2O3.ClH/c1-8(9(2)13)11(15)14-7-5-4-6-10(14)12(16)17-3;/h8-10H,4-7,13H2,1-3H3;1H. The van der Waals surface area contributed by atoms with Crippen LogP contribution in [-0.4, -0.2) is 42.5 Å². The van der Waals surface area contributed by atoms with Gasteiger partial charge in [-0.1, -0.05) is 6.92 Å². The number of piperidine rings is 1. The maximum absolute atomic E-state index is 12.2. The lowest BCUT2D eigenvalue weighted by molar-refractivity contribution is -0.156. The van der Waals surface area contributed by atoms with Crippen LogP contribution >= 0.6 is 12.4 Å². The summed E-state index contributed by atoms with van der Waals surface area (Å²) < 4.78 is 4.75. The molecule has 1 rings (SSSR count). The number of nitrogens with two attached hydrogens (primary N) is 1. The van der Waals surface area contributed by atoms with Crippen LogP contribution in [-0.2, 0) is 14.3 Å². The van der Waals surface area contributed by atoms with Gasteiger partial charge in [0.15, 0.2) is 0 Å². The fraction of sp³-hybridized carbons (Fsp3) is 0.833. The minimum absolute atomic E-state index is 0. The second-order valence-corrected chi connectivity index (χ2v) is 4.71. The number of esters is 1. The van der Waals surface area contributed by atoms with Gasteiger partial charge in [0.1, 0.15) is 6.04 Å². The van der Waals surface area contributed by atoms with Crippen molar-refractivity contribution < 1.29 is 14.3 Å². The molecule has 0 aromatic rings. The molecular weight excluding hydrogens is 256 g/mol. The van der Waals surface area contributed by atoms with Crippen LogP contribution in [0.25, 0.3) is 0 Å². The van der Waals surface area contributed by atoms with Crippen LogP contribution in [0.1, 0.15) is 33.1 Å². The topological polar surface area (TPSA) is 72.6 Å². The third kappa shape index (κ3) is 3.85. The van der Waals surface area contributed by atoms with Gasteiger partial charge in [0.05, 0.1) is 13.0 Å². The largest absolute Gasteiger partial charge is 0.467 e. The number of likely N-dealkylation sites (tertiary alicyclic amines) is 1. The maximum Gasteiger partial charge on any atom is 0.328 e. The first-order valence-corrected chi connectivity index (χ1v) is 6.13. The summed E-state index contributed by atoms with van der Waals surface area (Å²) >= 11 is 0. The Hall–Kier alpha value is -0.810. The molecule has 1 aliphatic heterocycles. The number of amides is 1. The highest BCUT2D eigenvalue weighted by atomic mass is 35.5. The molecule has 0 bridgehead atoms. The lowest BCUT2D eigenvalue weighted by atomic mass is 9.97. The molecule has 6 heteroatoms. The fourth-order valence-corrected chi connectivity index (χ4v) is 2.06. The summed E-state index contributed by atoms with van der Waals surface area (Å²) in [7, 11) is 1.36. The minimum atomic E-state index is -0.428. The Bertz CT molecular complexity index is 297. The number of ether oxygens (including phenoxy) is 1. The molecule has 18 heavy (non-hydrogen) atoms. The molecular formula is C12H23ClN2O3. The molecule has 1 heterocycles. The molecule has 0 radical (unpaired) electrons. The van der Waals surface area contributed by atoms with Gasteiger partial charge < -0.3 is 15.4 Å². The first-order valence-electron chi connectivity index (χ1n) is 6.13. The summed E-state index contributed by atoms with van der Waals surface area (Å²) in [4.78, 5) is 25.5. The van der Waals surface area contributed by atoms with E-state index in [0.29, 0.717) is 13.0 Å². The van der Waals surface area contributed by atoms with Crippen molar-refractivity contribution in [3.05, 3.63) is 0 Å². The Kier molecular flexibility index (Phi) is 7.25. The zero-order valence-corrected chi connectivity index (χ0v) is 12.0. The van der Waals surface area contributed by atoms with E-state index in [1.165, 1.54) is 7.11 Å². The van der Waals surface area contributed by atoms with E-state index in [-0.39, 0.29) is 36.2 Å². The molecule has 0 aromatic heterocycles. The number of methoxy groups -OCH3 is 1. The van der Waals surface area contributed by atoms with Crippen molar-refractivity contribution in [3.63, 3.8) is 0 Å². The van der Waals surface area contributed by atoms with Crippen molar-refractivity contribution in [2.75, 3.05) is 13.7 Å². The summed E-state index contributed by atoms with van der Waals surface area (Å²) in [5.41, 5.74) is 5.73. The quantitative estimate of drug-likeness (QED) is 0.780. The Balaban J connectivity index is 0.00000289. The molecule has 0 saturated carbocycles. The molecule has 1 fully saturated rings. The third-order valence-corrected chi connectivity index (χ3v) is 3.44. The highest BCUT2D eigenvalue weighted by Crippen LogP contribution is 2.21. The van der Waals surface area contributed by atoms with Crippen LogP contribution in [0, 0.1) is 5.92 Å². The smallest absolute Gasteiger partial charge is 0.328 e. The van der Waals surface area contributed by atoms with Gasteiger partial charge in [0, 0.05) is 12.6 Å². The van der Waals surface area contributed by atoms with Gasteiger partial charge >= 0.3 is 5.97 Å². The highest BCUT2D eigenvalue weighted by Gasteiger charge is 2.35. The van der Waals surface area contributed by atoms with E-state index in [2.05, 4.69) is 0 Å². The monoisotopic (exact) mass is 278 g/mol. The Morgan fingerprint density at radius 1 is 1.33 bits per heavy atom. The zero-order chi connectivity index (χ0) is 13.0. The van der Waals surface area contributed by atoms with Crippen LogP contribution in [0.3, 0.4) is 0 Å². The average Bonchev–Trinajstić information content (AvgIpc) is 2.35. The van der Waals surface area contributed by atoms with Crippen molar-refractivity contribution in [3.8, 4) is 0 Å². The Morgan fingerprint density at radius 2 is 1.94 bits per heavy atom. The Morgan fingerprint density at radius 3 is 2.44 bits per heavy atom. The maximum atomic E-state index is 12.2. The van der Waals surface area contributed by atoms with Gasteiger partial charge in [-0.2, -0.15) is 0 Å². The van der Waals surface area contributed by atoms with Gasteiger partial charge in [-0.3, -0.25) is 4.79 Å². The molecule has 2 N–H and O–H groups in total. The lowest BCUT2D eigenvalue weighted by Crippen LogP contribution is -2.52. The first kappa shape index (κ1) is 17.2. The SMILES string of the molecule is COC(=O)C1CCCCN1C(=O)C(C)C(C)N.Cl. The normalized spacial score (nSPS) is 22.7. The van der Waals surface area contributed by atoms with Crippen molar-refractivity contribution in [2.45, 2.75) is 45.2 Å². The Labute approximate surface area is 114 Å². The third-order valence-electron chi connectivity index (χ3n) is 3.44. The molecule has 1 aliphatic rings. The van der Waals surface area contributed by atoms with Crippen LogP contribution in [0.2, 0.25) is 0 Å². The highest BCUT2D eigenvalue weighted by molar-refractivity contribution is 5.86. The van der Waals surface area contributed by atoms with Gasteiger partial charge in [-0.25, -0.2) is 4.79 Å². The van der Waals surface area contributed by atoms with E-state index in [9.17, 15) is 9.59 Å². The summed E-state index contributed by atoms with van der Waals surface area (Å²) in [6.07, 6.45) is 2.57. The van der Waals surface area contributed by atoms with Crippen LogP contribution < -0.4 is 5.73 Å². The van der Waals surface area contributed by atoms with Crippen LogP contribution in [0.5, 0.6) is 0 Å². The van der Waals surface area contributed by atoms with E-state index >= 15 is 0 Å². The first-order chi connectivity index (χ1) is 7.99. The summed E-state index contributed by atoms with van der Waals surface area (Å²) in [6.45, 7) is 4.23. The number of nitrogens with zero attached hydrogens (tertiary/aromatic N) is 1. The summed E-state index contributed by atoms with van der Waals surface area (Å²) in [6, 6.07) is -0.634. The van der Waals surface area contributed by atoms with Crippen LogP contribution in [0.4, 0.5) is 0 Å². The number of hydrogen-bond donors (Lipinski definition) is 1. The molecule has 3 unspecified atom stereocenters. The van der Waals surface area contributed by atoms with E-state index in [4.69, 9.17) is 10.5 Å². The second kappa shape index (κ2) is 7.59. The summed E-state index contributed by atoms with van der Waals surface area (Å²) in [5, 5.41) is 0. The second-order valence-electron chi connectivity index (χ2n) is 4.71. The van der Waals surface area contributed by atoms with E-state index in [1.54, 1.807) is 18.7 Å². The minimum Gasteiger partial charge on any atom is -0.467 e. The van der Waals surface area contributed by atoms with Crippen molar-refractivity contribution >= 4 is 24.3 Å². The molecule has 1 amide bonds. The lowest BCUT2D eigenvalue weighted by Gasteiger charge is -2.36. The summed E-state index contributed by atoms with van der Waals surface area (Å²) in [5.74, 6) is -0.634. The zero-order valence-electron chi connectivity index (χ0n) is 11.2. The predicted molar refractivity (Wildman–Crippen MR) is 71.4 cm³/mol. The molecule has 0 aromatic carbocycles. The van der Waals surface area contributed by atoms with Crippen LogP contribution in [0.15, 0.2) is 0 Å². The van der Waals surface area contributed by atoms with Crippen molar-refractivity contribution in [1.29, 1.82) is 0 Å². The van der Waals surface area contributed by atoms with E-state index in [1.807, 2.05) is 0 Å². The predicted octanol–water partition coefficient (Wildman–Crippen LogP) is 0.946. The average molecular weight is 279 g/mol. The van der Waals surface area contributed by atoms with Crippen molar-refractivity contribution in [1.82, 2.24) is 4.90 Å². The van der Waals surface area contributed by atoms with Gasteiger partial charge in [0.25, 0.3) is 0 Å². The fourth-order valence-electron chi connectivity index (χ4n) is 2.06. The van der Waals surface area contributed by atoms with Gasteiger partial charge in [-0.05, 0) is 26.2 Å². The molecule has 0 spiro atoms. The number of halogens is 1. The number of carbonyl (C=O) groups excluding carboxylic acids is 2. The van der Waals surface area contributed by atoms with E-state index < -0.39 is 6.04 Å². The molecule has 5 nitrogen and oxygen atoms in total. The molecule has 0 aliphatic carbocycles. The van der Waals surface area contributed by atoms with E-state index in [0.717, 1.165) is 12.8 Å². The molecule has 1 saturated heterocycles. The van der Waals surface area contributed by atoms with Gasteiger partial charge in [0.2, 0.25) is 5.91 Å². The molecule has 106 valence electrons. The molecule has 3 atom stereocenters. The van der Waals surface area contributed by atoms with Gasteiger partial charge in [-0.15, -0.1) is 12.4 Å².